The van der Waals surface area contributed by atoms with E-state index in [1.807, 2.05) is 6.92 Å². The summed E-state index contributed by atoms with van der Waals surface area (Å²) in [5.74, 6) is 1.23. The molecule has 0 unspecified atom stereocenters. The van der Waals surface area contributed by atoms with Crippen LogP contribution < -0.4 is 21.3 Å². The van der Waals surface area contributed by atoms with Crippen molar-refractivity contribution in [3.05, 3.63) is 0 Å². The van der Waals surface area contributed by atoms with Gasteiger partial charge >= 0.3 is 0 Å². The largest absolute Gasteiger partial charge is 0.368 e. The van der Waals surface area contributed by atoms with Gasteiger partial charge in [-0.2, -0.15) is 15.0 Å². The molecule has 1 amide bonds. The number of anilines is 3. The molecule has 1 fully saturated rings. The molecule has 0 spiro atoms. The van der Waals surface area contributed by atoms with E-state index >= 15 is 0 Å². The van der Waals surface area contributed by atoms with Crippen LogP contribution in [0.5, 0.6) is 0 Å². The van der Waals surface area contributed by atoms with E-state index in [-0.39, 0.29) is 11.9 Å². The minimum atomic E-state index is 0.00166. The highest BCUT2D eigenvalue weighted by atomic mass is 16.1. The summed E-state index contributed by atoms with van der Waals surface area (Å²) < 4.78 is 0. The van der Waals surface area contributed by atoms with Gasteiger partial charge in [-0.3, -0.25) is 4.79 Å². The zero-order chi connectivity index (χ0) is 14.4. The minimum Gasteiger partial charge on any atom is -0.368 e. The zero-order valence-electron chi connectivity index (χ0n) is 11.7. The van der Waals surface area contributed by atoms with Gasteiger partial charge in [-0.25, -0.2) is 0 Å². The molecule has 110 valence electrons. The quantitative estimate of drug-likeness (QED) is 0.672. The highest BCUT2D eigenvalue weighted by Crippen LogP contribution is 2.17. The fourth-order valence-electron chi connectivity index (χ4n) is 2.09. The van der Waals surface area contributed by atoms with Crippen molar-refractivity contribution in [3.63, 3.8) is 0 Å². The number of carbonyl (C=O) groups is 1. The molecule has 0 saturated carbocycles. The molecule has 2 heterocycles. The van der Waals surface area contributed by atoms with Crippen molar-refractivity contribution in [1.82, 2.24) is 20.3 Å². The van der Waals surface area contributed by atoms with E-state index < -0.39 is 0 Å². The van der Waals surface area contributed by atoms with Gasteiger partial charge in [-0.15, -0.1) is 0 Å². The van der Waals surface area contributed by atoms with Crippen LogP contribution in [-0.4, -0.2) is 47.0 Å². The first-order valence-corrected chi connectivity index (χ1v) is 6.96. The number of hydrogen-bond acceptors (Lipinski definition) is 7. The molecule has 8 heteroatoms. The summed E-state index contributed by atoms with van der Waals surface area (Å²) in [7, 11) is 0. The van der Waals surface area contributed by atoms with Crippen LogP contribution in [0, 0.1) is 0 Å². The van der Waals surface area contributed by atoms with Gasteiger partial charge in [-0.05, 0) is 19.8 Å². The molecule has 4 N–H and O–H groups in total. The Bertz CT molecular complexity index is 459. The maximum atomic E-state index is 11.3. The highest BCUT2D eigenvalue weighted by molar-refractivity contribution is 5.76. The average Bonchev–Trinajstić information content (AvgIpc) is 2.92. The Morgan fingerprint density at radius 2 is 2.05 bits per heavy atom. The lowest BCUT2D eigenvalue weighted by molar-refractivity contribution is -0.120. The molecule has 1 aromatic rings. The molecule has 1 aliphatic heterocycles. The Morgan fingerprint density at radius 1 is 1.30 bits per heavy atom. The van der Waals surface area contributed by atoms with E-state index in [1.165, 1.54) is 0 Å². The Labute approximate surface area is 118 Å². The van der Waals surface area contributed by atoms with Crippen LogP contribution in [0.2, 0.25) is 0 Å². The standard InChI is InChI=1S/C12H21N7O/c1-2-14-9(20)5-6-15-11-16-10(13)17-12(18-11)19-7-3-4-8-19/h2-8H2,1H3,(H,14,20)(H3,13,15,16,17,18). The van der Waals surface area contributed by atoms with Crippen LogP contribution >= 0.6 is 0 Å². The van der Waals surface area contributed by atoms with Gasteiger partial charge in [0.2, 0.25) is 23.8 Å². The van der Waals surface area contributed by atoms with E-state index in [4.69, 9.17) is 5.73 Å². The number of nitrogens with zero attached hydrogens (tertiary/aromatic N) is 4. The second kappa shape index (κ2) is 6.88. The van der Waals surface area contributed by atoms with Gasteiger partial charge in [0, 0.05) is 32.6 Å². The van der Waals surface area contributed by atoms with Crippen LogP contribution in [0.25, 0.3) is 0 Å². The van der Waals surface area contributed by atoms with Gasteiger partial charge in [0.25, 0.3) is 0 Å². The van der Waals surface area contributed by atoms with Gasteiger partial charge in [0.05, 0.1) is 0 Å². The van der Waals surface area contributed by atoms with Gasteiger partial charge in [0.15, 0.2) is 0 Å². The number of aromatic nitrogens is 3. The summed E-state index contributed by atoms with van der Waals surface area (Å²) in [5, 5.41) is 5.74. The van der Waals surface area contributed by atoms with Crippen molar-refractivity contribution >= 4 is 23.8 Å². The SMILES string of the molecule is CCNC(=O)CCNc1nc(N)nc(N2CCCC2)n1. The summed E-state index contributed by atoms with van der Waals surface area (Å²) in [6, 6.07) is 0. The van der Waals surface area contributed by atoms with Crippen molar-refractivity contribution in [2.45, 2.75) is 26.2 Å². The number of rotatable bonds is 6. The fourth-order valence-corrected chi connectivity index (χ4v) is 2.09. The van der Waals surface area contributed by atoms with Crippen molar-refractivity contribution in [2.75, 3.05) is 42.1 Å². The summed E-state index contributed by atoms with van der Waals surface area (Å²) in [6.45, 7) is 4.88. The summed E-state index contributed by atoms with van der Waals surface area (Å²) >= 11 is 0. The van der Waals surface area contributed by atoms with Crippen LogP contribution in [0.3, 0.4) is 0 Å². The van der Waals surface area contributed by atoms with Gasteiger partial charge in [0.1, 0.15) is 0 Å². The predicted octanol–water partition coefficient (Wildman–Crippen LogP) is -0.00790. The molecular weight excluding hydrogens is 258 g/mol. The van der Waals surface area contributed by atoms with Crippen LogP contribution in [0.15, 0.2) is 0 Å². The lowest BCUT2D eigenvalue weighted by atomic mass is 10.4. The maximum Gasteiger partial charge on any atom is 0.231 e. The van der Waals surface area contributed by atoms with E-state index in [9.17, 15) is 4.79 Å². The van der Waals surface area contributed by atoms with Gasteiger partial charge in [-0.1, -0.05) is 0 Å². The molecule has 8 nitrogen and oxygen atoms in total. The molecule has 0 aliphatic carbocycles. The highest BCUT2D eigenvalue weighted by Gasteiger charge is 2.16. The third-order valence-electron chi connectivity index (χ3n) is 3.04. The molecule has 0 aromatic carbocycles. The summed E-state index contributed by atoms with van der Waals surface area (Å²) in [4.78, 5) is 26.0. The van der Waals surface area contributed by atoms with Crippen LogP contribution in [0.1, 0.15) is 26.2 Å². The third-order valence-corrected chi connectivity index (χ3v) is 3.04. The van der Waals surface area contributed by atoms with E-state index in [0.29, 0.717) is 31.4 Å². The number of nitrogen functional groups attached to an aromatic ring is 1. The Morgan fingerprint density at radius 3 is 2.75 bits per heavy atom. The van der Waals surface area contributed by atoms with Crippen molar-refractivity contribution in [3.8, 4) is 0 Å². The van der Waals surface area contributed by atoms with E-state index in [1.54, 1.807) is 0 Å². The topological polar surface area (TPSA) is 109 Å². The Hall–Kier alpha value is -2.12. The summed E-state index contributed by atoms with van der Waals surface area (Å²) in [6.07, 6.45) is 2.66. The van der Waals surface area contributed by atoms with Gasteiger partial charge < -0.3 is 21.3 Å². The third kappa shape index (κ3) is 3.94. The van der Waals surface area contributed by atoms with Crippen LogP contribution in [0.4, 0.5) is 17.8 Å². The molecule has 2 rings (SSSR count). The average molecular weight is 279 g/mol. The van der Waals surface area contributed by atoms with E-state index in [0.717, 1.165) is 25.9 Å². The first kappa shape index (κ1) is 14.3. The Balaban J connectivity index is 1.92. The van der Waals surface area contributed by atoms with Crippen molar-refractivity contribution in [2.24, 2.45) is 0 Å². The molecule has 1 aromatic heterocycles. The molecule has 1 saturated heterocycles. The molecule has 1 aliphatic rings. The second-order valence-electron chi connectivity index (χ2n) is 4.64. The summed E-state index contributed by atoms with van der Waals surface area (Å²) in [5.41, 5.74) is 5.70. The number of carbonyl (C=O) groups excluding carboxylic acids is 1. The normalized spacial score (nSPS) is 14.3. The first-order valence-electron chi connectivity index (χ1n) is 6.96. The molecule has 0 atom stereocenters. The monoisotopic (exact) mass is 279 g/mol. The Kier molecular flexibility index (Phi) is 4.91. The second-order valence-corrected chi connectivity index (χ2v) is 4.64. The van der Waals surface area contributed by atoms with E-state index in [2.05, 4.69) is 30.5 Å². The maximum absolute atomic E-state index is 11.3. The van der Waals surface area contributed by atoms with Crippen molar-refractivity contribution in [1.29, 1.82) is 0 Å². The fraction of sp³-hybridized carbons (Fsp3) is 0.667. The van der Waals surface area contributed by atoms with Crippen LogP contribution in [-0.2, 0) is 4.79 Å². The molecule has 20 heavy (non-hydrogen) atoms. The number of nitrogens with one attached hydrogen (secondary N) is 2. The number of hydrogen-bond donors (Lipinski definition) is 3. The number of nitrogens with two attached hydrogens (primary N) is 1. The lowest BCUT2D eigenvalue weighted by Gasteiger charge is -2.15. The molecule has 0 radical (unpaired) electrons. The first-order chi connectivity index (χ1) is 9.69. The van der Waals surface area contributed by atoms with Crippen molar-refractivity contribution < 1.29 is 4.79 Å². The smallest absolute Gasteiger partial charge is 0.231 e. The number of amides is 1. The predicted molar refractivity (Wildman–Crippen MR) is 77.5 cm³/mol. The molecular formula is C12H21N7O. The minimum absolute atomic E-state index is 0.00166. The molecule has 0 bridgehead atoms. The zero-order valence-corrected chi connectivity index (χ0v) is 11.7. The lowest BCUT2D eigenvalue weighted by Crippen LogP contribution is -2.25.